The predicted octanol–water partition coefficient (Wildman–Crippen LogP) is 4.07. The van der Waals surface area contributed by atoms with Gasteiger partial charge in [-0.05, 0) is 36.7 Å². The van der Waals surface area contributed by atoms with Crippen LogP contribution in [0.25, 0.3) is 0 Å². The van der Waals surface area contributed by atoms with Gasteiger partial charge in [0.25, 0.3) is 0 Å². The van der Waals surface area contributed by atoms with Crippen LogP contribution in [0.5, 0.6) is 5.75 Å². The van der Waals surface area contributed by atoms with Gasteiger partial charge in [-0.1, -0.05) is 49.4 Å². The fourth-order valence-electron chi connectivity index (χ4n) is 2.75. The monoisotopic (exact) mass is 269 g/mol. The Morgan fingerprint density at radius 2 is 1.70 bits per heavy atom. The second-order valence-corrected chi connectivity index (χ2v) is 5.19. The van der Waals surface area contributed by atoms with Crippen LogP contribution in [0.2, 0.25) is 0 Å². The van der Waals surface area contributed by atoms with Crippen molar-refractivity contribution in [3.63, 3.8) is 0 Å². The molecule has 2 heteroatoms. The van der Waals surface area contributed by atoms with Crippen molar-refractivity contribution in [2.75, 3.05) is 14.2 Å². The van der Waals surface area contributed by atoms with Crippen LogP contribution in [0.4, 0.5) is 0 Å². The molecule has 0 bridgehead atoms. The van der Waals surface area contributed by atoms with Crippen molar-refractivity contribution < 1.29 is 4.74 Å². The molecule has 2 nitrogen and oxygen atoms in total. The third kappa shape index (κ3) is 3.02. The van der Waals surface area contributed by atoms with Gasteiger partial charge in [0.1, 0.15) is 5.75 Å². The Kier molecular flexibility index (Phi) is 4.80. The molecule has 106 valence electrons. The standard InChI is InChI=1S/C18H23NO/c1-13-12-16(10-11-17(13)20-4)18(19-3)14(2)15-8-6-5-7-9-15/h5-12,14,18-19H,1-4H3. The molecule has 0 aliphatic heterocycles. The van der Waals surface area contributed by atoms with Crippen LogP contribution in [0, 0.1) is 6.92 Å². The number of hydrogen-bond acceptors (Lipinski definition) is 2. The van der Waals surface area contributed by atoms with E-state index in [0.717, 1.165) is 5.75 Å². The first-order valence-corrected chi connectivity index (χ1v) is 7.04. The van der Waals surface area contributed by atoms with E-state index in [4.69, 9.17) is 4.74 Å². The second kappa shape index (κ2) is 6.58. The van der Waals surface area contributed by atoms with Gasteiger partial charge in [-0.2, -0.15) is 0 Å². The van der Waals surface area contributed by atoms with Gasteiger partial charge in [-0.25, -0.2) is 0 Å². The SMILES string of the molecule is CNC(c1ccc(OC)c(C)c1)C(C)c1ccccc1. The van der Waals surface area contributed by atoms with Crippen LogP contribution < -0.4 is 10.1 Å². The number of hydrogen-bond donors (Lipinski definition) is 1. The maximum atomic E-state index is 5.34. The molecule has 2 aromatic rings. The highest BCUT2D eigenvalue weighted by molar-refractivity contribution is 5.38. The molecule has 0 aliphatic rings. The summed E-state index contributed by atoms with van der Waals surface area (Å²) >= 11 is 0. The molecule has 0 radical (unpaired) electrons. The number of methoxy groups -OCH3 is 1. The number of ether oxygens (including phenoxy) is 1. The van der Waals surface area contributed by atoms with Crippen molar-refractivity contribution in [2.45, 2.75) is 25.8 Å². The lowest BCUT2D eigenvalue weighted by Gasteiger charge is -2.25. The molecule has 20 heavy (non-hydrogen) atoms. The maximum Gasteiger partial charge on any atom is 0.121 e. The van der Waals surface area contributed by atoms with E-state index in [0.29, 0.717) is 12.0 Å². The molecule has 1 N–H and O–H groups in total. The van der Waals surface area contributed by atoms with E-state index in [2.05, 4.69) is 61.6 Å². The molecule has 2 aromatic carbocycles. The van der Waals surface area contributed by atoms with E-state index in [1.165, 1.54) is 16.7 Å². The minimum absolute atomic E-state index is 0.294. The number of rotatable bonds is 5. The topological polar surface area (TPSA) is 21.3 Å². The summed E-state index contributed by atoms with van der Waals surface area (Å²) in [6, 6.07) is 17.3. The summed E-state index contributed by atoms with van der Waals surface area (Å²) in [5.74, 6) is 1.35. The Bertz CT molecular complexity index is 551. The van der Waals surface area contributed by atoms with Gasteiger partial charge in [-0.15, -0.1) is 0 Å². The van der Waals surface area contributed by atoms with Crippen molar-refractivity contribution in [1.82, 2.24) is 5.32 Å². The molecule has 2 rings (SSSR count). The molecular weight excluding hydrogens is 246 g/mol. The lowest BCUT2D eigenvalue weighted by atomic mass is 9.88. The van der Waals surface area contributed by atoms with E-state index in [9.17, 15) is 0 Å². The van der Waals surface area contributed by atoms with Crippen LogP contribution >= 0.6 is 0 Å². The van der Waals surface area contributed by atoms with Crippen molar-refractivity contribution in [1.29, 1.82) is 0 Å². The van der Waals surface area contributed by atoms with Crippen molar-refractivity contribution >= 4 is 0 Å². The van der Waals surface area contributed by atoms with Gasteiger partial charge < -0.3 is 10.1 Å². The lowest BCUT2D eigenvalue weighted by molar-refractivity contribution is 0.411. The van der Waals surface area contributed by atoms with Gasteiger partial charge >= 0.3 is 0 Å². The Morgan fingerprint density at radius 1 is 1.00 bits per heavy atom. The summed E-state index contributed by atoms with van der Waals surface area (Å²) in [5, 5.41) is 3.44. The van der Waals surface area contributed by atoms with Gasteiger partial charge in [0, 0.05) is 12.0 Å². The summed E-state index contributed by atoms with van der Waals surface area (Å²) in [6.45, 7) is 4.35. The summed E-state index contributed by atoms with van der Waals surface area (Å²) in [4.78, 5) is 0. The number of nitrogens with one attached hydrogen (secondary N) is 1. The molecule has 0 spiro atoms. The lowest BCUT2D eigenvalue weighted by Crippen LogP contribution is -2.22. The normalized spacial score (nSPS) is 13.8. The predicted molar refractivity (Wildman–Crippen MR) is 84.4 cm³/mol. The molecule has 0 aromatic heterocycles. The highest BCUT2D eigenvalue weighted by atomic mass is 16.5. The van der Waals surface area contributed by atoms with Crippen molar-refractivity contribution in [3.8, 4) is 5.75 Å². The Morgan fingerprint density at radius 3 is 2.25 bits per heavy atom. The molecule has 0 saturated heterocycles. The number of aryl methyl sites for hydroxylation is 1. The van der Waals surface area contributed by atoms with E-state index >= 15 is 0 Å². The van der Waals surface area contributed by atoms with Gasteiger partial charge in [-0.3, -0.25) is 0 Å². The Labute approximate surface area is 121 Å². The molecule has 0 aliphatic carbocycles. The smallest absolute Gasteiger partial charge is 0.121 e. The highest BCUT2D eigenvalue weighted by Crippen LogP contribution is 2.32. The molecule has 0 fully saturated rings. The first-order valence-electron chi connectivity index (χ1n) is 7.04. The molecule has 0 amide bonds. The first-order chi connectivity index (χ1) is 9.67. The average Bonchev–Trinajstić information content (AvgIpc) is 2.49. The minimum Gasteiger partial charge on any atom is -0.496 e. The van der Waals surface area contributed by atoms with Gasteiger partial charge in [0.15, 0.2) is 0 Å². The van der Waals surface area contributed by atoms with E-state index in [-0.39, 0.29) is 0 Å². The average molecular weight is 269 g/mol. The zero-order valence-corrected chi connectivity index (χ0v) is 12.7. The fourth-order valence-corrected chi connectivity index (χ4v) is 2.75. The Balaban J connectivity index is 2.30. The van der Waals surface area contributed by atoms with Crippen LogP contribution in [0.3, 0.4) is 0 Å². The van der Waals surface area contributed by atoms with Crippen LogP contribution in [-0.4, -0.2) is 14.2 Å². The van der Waals surface area contributed by atoms with Crippen LogP contribution in [0.15, 0.2) is 48.5 Å². The van der Waals surface area contributed by atoms with E-state index < -0.39 is 0 Å². The first kappa shape index (κ1) is 14.6. The Hall–Kier alpha value is -1.80. The number of benzene rings is 2. The largest absolute Gasteiger partial charge is 0.496 e. The quantitative estimate of drug-likeness (QED) is 0.883. The van der Waals surface area contributed by atoms with Crippen molar-refractivity contribution in [2.24, 2.45) is 0 Å². The zero-order chi connectivity index (χ0) is 14.5. The van der Waals surface area contributed by atoms with Gasteiger partial charge in [0.2, 0.25) is 0 Å². The fraction of sp³-hybridized carbons (Fsp3) is 0.333. The molecule has 0 saturated carbocycles. The highest BCUT2D eigenvalue weighted by Gasteiger charge is 2.19. The van der Waals surface area contributed by atoms with Crippen molar-refractivity contribution in [3.05, 3.63) is 65.2 Å². The van der Waals surface area contributed by atoms with Gasteiger partial charge in [0.05, 0.1) is 7.11 Å². The van der Waals surface area contributed by atoms with Crippen LogP contribution in [0.1, 0.15) is 35.6 Å². The van der Waals surface area contributed by atoms with Crippen LogP contribution in [-0.2, 0) is 0 Å². The summed E-state index contributed by atoms with van der Waals surface area (Å²) < 4.78 is 5.34. The third-order valence-electron chi connectivity index (χ3n) is 3.91. The van der Waals surface area contributed by atoms with E-state index in [1.54, 1.807) is 7.11 Å². The molecule has 0 heterocycles. The molecular formula is C18H23NO. The second-order valence-electron chi connectivity index (χ2n) is 5.19. The number of likely N-dealkylation sites (N-methyl/N-ethyl adjacent to an activating group) is 1. The summed E-state index contributed by atoms with van der Waals surface area (Å²) in [6.07, 6.45) is 0. The summed E-state index contributed by atoms with van der Waals surface area (Å²) in [5.41, 5.74) is 3.81. The third-order valence-corrected chi connectivity index (χ3v) is 3.91. The minimum atomic E-state index is 0.294. The summed E-state index contributed by atoms with van der Waals surface area (Å²) in [7, 11) is 3.73. The molecule has 2 atom stereocenters. The molecule has 2 unspecified atom stereocenters. The zero-order valence-electron chi connectivity index (χ0n) is 12.7. The maximum absolute atomic E-state index is 5.34. The van der Waals surface area contributed by atoms with E-state index in [1.807, 2.05) is 13.1 Å².